The topological polar surface area (TPSA) is 49.3 Å². The van der Waals surface area contributed by atoms with Gasteiger partial charge in [-0.05, 0) is 37.4 Å². The van der Waals surface area contributed by atoms with Crippen LogP contribution in [0.5, 0.6) is 0 Å². The third-order valence-electron chi connectivity index (χ3n) is 2.80. The van der Waals surface area contributed by atoms with Crippen LogP contribution in [0.3, 0.4) is 0 Å². The number of benzene rings is 1. The highest BCUT2D eigenvalue weighted by Crippen LogP contribution is 2.08. The summed E-state index contributed by atoms with van der Waals surface area (Å²) in [6, 6.07) is 7.90. The largest absolute Gasteiger partial charge is 0.480 e. The average Bonchev–Trinajstić information content (AvgIpc) is 2.30. The summed E-state index contributed by atoms with van der Waals surface area (Å²) in [5.74, 6) is -0.785. The van der Waals surface area contributed by atoms with Crippen molar-refractivity contribution < 1.29 is 9.90 Å². The van der Waals surface area contributed by atoms with Crippen molar-refractivity contribution in [1.29, 1.82) is 0 Å². The fourth-order valence-corrected chi connectivity index (χ4v) is 1.64. The summed E-state index contributed by atoms with van der Waals surface area (Å²) >= 11 is 0. The Labute approximate surface area is 96.5 Å². The molecule has 2 N–H and O–H groups in total. The van der Waals surface area contributed by atoms with Crippen molar-refractivity contribution in [3.8, 4) is 0 Å². The van der Waals surface area contributed by atoms with Gasteiger partial charge >= 0.3 is 5.97 Å². The minimum Gasteiger partial charge on any atom is -0.480 e. The van der Waals surface area contributed by atoms with Gasteiger partial charge in [0, 0.05) is 0 Å². The summed E-state index contributed by atoms with van der Waals surface area (Å²) in [6.07, 6.45) is 2.45. The van der Waals surface area contributed by atoms with Crippen molar-refractivity contribution >= 4 is 5.97 Å². The van der Waals surface area contributed by atoms with Gasteiger partial charge in [0.25, 0.3) is 0 Å². The molecular weight excluding hydrogens is 202 g/mol. The second-order valence-electron chi connectivity index (χ2n) is 3.89. The molecule has 0 aliphatic rings. The zero-order valence-electron chi connectivity index (χ0n) is 9.86. The summed E-state index contributed by atoms with van der Waals surface area (Å²) in [6.45, 7) is 2.12. The van der Waals surface area contributed by atoms with Crippen molar-refractivity contribution in [2.75, 3.05) is 7.05 Å². The summed E-state index contributed by atoms with van der Waals surface area (Å²) in [5, 5.41) is 11.7. The number of carboxylic acids is 1. The first-order valence-corrected chi connectivity index (χ1v) is 5.65. The monoisotopic (exact) mass is 221 g/mol. The van der Waals surface area contributed by atoms with Crippen LogP contribution in [0.1, 0.15) is 24.5 Å². The molecule has 3 heteroatoms. The SMILES string of the molecule is CCc1ccc(CCC(NC)C(=O)O)cc1. The van der Waals surface area contributed by atoms with Crippen LogP contribution in [-0.2, 0) is 17.6 Å². The maximum atomic E-state index is 10.8. The van der Waals surface area contributed by atoms with E-state index in [1.165, 1.54) is 11.1 Å². The Morgan fingerprint density at radius 2 is 1.88 bits per heavy atom. The van der Waals surface area contributed by atoms with E-state index >= 15 is 0 Å². The number of hydrogen-bond acceptors (Lipinski definition) is 2. The van der Waals surface area contributed by atoms with Crippen LogP contribution in [0.15, 0.2) is 24.3 Å². The number of rotatable bonds is 6. The first-order valence-electron chi connectivity index (χ1n) is 5.65. The highest BCUT2D eigenvalue weighted by atomic mass is 16.4. The smallest absolute Gasteiger partial charge is 0.320 e. The summed E-state index contributed by atoms with van der Waals surface area (Å²) in [4.78, 5) is 10.8. The predicted molar refractivity (Wildman–Crippen MR) is 64.6 cm³/mol. The Kier molecular flexibility index (Phi) is 4.99. The van der Waals surface area contributed by atoms with Crippen LogP contribution in [0.4, 0.5) is 0 Å². The standard InChI is InChI=1S/C13H19NO2/c1-3-10-4-6-11(7-5-10)8-9-12(14-2)13(15)16/h4-7,12,14H,3,8-9H2,1-2H3,(H,15,16). The molecule has 1 aromatic rings. The first kappa shape index (κ1) is 12.7. The van der Waals surface area contributed by atoms with Crippen LogP contribution in [0.25, 0.3) is 0 Å². The zero-order valence-corrected chi connectivity index (χ0v) is 9.86. The van der Waals surface area contributed by atoms with Crippen molar-refractivity contribution in [3.63, 3.8) is 0 Å². The summed E-state index contributed by atoms with van der Waals surface area (Å²) in [7, 11) is 1.68. The molecule has 0 aliphatic heterocycles. The summed E-state index contributed by atoms with van der Waals surface area (Å²) in [5.41, 5.74) is 2.51. The number of carbonyl (C=O) groups is 1. The van der Waals surface area contributed by atoms with Gasteiger partial charge in [0.05, 0.1) is 0 Å². The van der Waals surface area contributed by atoms with Gasteiger partial charge in [-0.25, -0.2) is 0 Å². The van der Waals surface area contributed by atoms with E-state index < -0.39 is 12.0 Å². The van der Waals surface area contributed by atoms with E-state index in [1.807, 2.05) is 0 Å². The molecule has 0 aromatic heterocycles. The molecule has 0 saturated heterocycles. The number of nitrogens with one attached hydrogen (secondary N) is 1. The Morgan fingerprint density at radius 3 is 2.31 bits per heavy atom. The number of aryl methyl sites for hydroxylation is 2. The molecule has 1 rings (SSSR count). The van der Waals surface area contributed by atoms with Crippen molar-refractivity contribution in [1.82, 2.24) is 5.32 Å². The van der Waals surface area contributed by atoms with Crippen LogP contribution < -0.4 is 5.32 Å². The molecular formula is C13H19NO2. The molecule has 0 heterocycles. The van der Waals surface area contributed by atoms with Crippen LogP contribution >= 0.6 is 0 Å². The van der Waals surface area contributed by atoms with Gasteiger partial charge in [-0.15, -0.1) is 0 Å². The Balaban J connectivity index is 2.50. The van der Waals surface area contributed by atoms with Gasteiger partial charge in [-0.3, -0.25) is 4.79 Å². The molecule has 0 fully saturated rings. The number of aliphatic carboxylic acids is 1. The molecule has 16 heavy (non-hydrogen) atoms. The van der Waals surface area contributed by atoms with E-state index in [4.69, 9.17) is 5.11 Å². The quantitative estimate of drug-likeness (QED) is 0.770. The van der Waals surface area contributed by atoms with Gasteiger partial charge in [0.1, 0.15) is 6.04 Å². The van der Waals surface area contributed by atoms with Crippen molar-refractivity contribution in [2.24, 2.45) is 0 Å². The highest BCUT2D eigenvalue weighted by molar-refractivity contribution is 5.73. The molecule has 88 valence electrons. The molecule has 0 saturated carbocycles. The Hall–Kier alpha value is -1.35. The van der Waals surface area contributed by atoms with E-state index in [0.717, 1.165) is 12.8 Å². The zero-order chi connectivity index (χ0) is 12.0. The first-order chi connectivity index (χ1) is 7.67. The third-order valence-corrected chi connectivity index (χ3v) is 2.80. The van der Waals surface area contributed by atoms with Gasteiger partial charge < -0.3 is 10.4 Å². The molecule has 0 aliphatic carbocycles. The minimum absolute atomic E-state index is 0.453. The van der Waals surface area contributed by atoms with Crippen molar-refractivity contribution in [2.45, 2.75) is 32.2 Å². The second-order valence-corrected chi connectivity index (χ2v) is 3.89. The average molecular weight is 221 g/mol. The molecule has 0 radical (unpaired) electrons. The number of carboxylic acid groups (broad SMARTS) is 1. The fraction of sp³-hybridized carbons (Fsp3) is 0.462. The van der Waals surface area contributed by atoms with Crippen molar-refractivity contribution in [3.05, 3.63) is 35.4 Å². The lowest BCUT2D eigenvalue weighted by molar-refractivity contribution is -0.139. The maximum Gasteiger partial charge on any atom is 0.320 e. The lowest BCUT2D eigenvalue weighted by Gasteiger charge is -2.10. The van der Waals surface area contributed by atoms with Crippen LogP contribution in [-0.4, -0.2) is 24.2 Å². The number of likely N-dealkylation sites (N-methyl/N-ethyl adjacent to an activating group) is 1. The molecule has 1 aromatic carbocycles. The lowest BCUT2D eigenvalue weighted by Crippen LogP contribution is -2.34. The van der Waals surface area contributed by atoms with Crippen LogP contribution in [0.2, 0.25) is 0 Å². The van der Waals surface area contributed by atoms with E-state index in [0.29, 0.717) is 6.42 Å². The predicted octanol–water partition coefficient (Wildman–Crippen LogP) is 1.85. The van der Waals surface area contributed by atoms with E-state index in [9.17, 15) is 4.79 Å². The summed E-state index contributed by atoms with van der Waals surface area (Å²) < 4.78 is 0. The molecule has 3 nitrogen and oxygen atoms in total. The van der Waals surface area contributed by atoms with E-state index in [2.05, 4.69) is 36.5 Å². The number of hydrogen-bond donors (Lipinski definition) is 2. The molecule has 0 amide bonds. The molecule has 1 atom stereocenters. The fourth-order valence-electron chi connectivity index (χ4n) is 1.64. The molecule has 1 unspecified atom stereocenters. The van der Waals surface area contributed by atoms with Gasteiger partial charge in [-0.1, -0.05) is 31.2 Å². The Morgan fingerprint density at radius 1 is 1.31 bits per heavy atom. The minimum atomic E-state index is -0.785. The Bertz CT molecular complexity index is 332. The van der Waals surface area contributed by atoms with Gasteiger partial charge in [0.2, 0.25) is 0 Å². The normalized spacial score (nSPS) is 12.4. The molecule has 0 bridgehead atoms. The van der Waals surface area contributed by atoms with E-state index in [1.54, 1.807) is 7.05 Å². The highest BCUT2D eigenvalue weighted by Gasteiger charge is 2.13. The van der Waals surface area contributed by atoms with Gasteiger partial charge in [-0.2, -0.15) is 0 Å². The van der Waals surface area contributed by atoms with E-state index in [-0.39, 0.29) is 0 Å². The van der Waals surface area contributed by atoms with Gasteiger partial charge in [0.15, 0.2) is 0 Å². The second kappa shape index (κ2) is 6.28. The lowest BCUT2D eigenvalue weighted by atomic mass is 10.0. The third kappa shape index (κ3) is 3.66. The van der Waals surface area contributed by atoms with Crippen LogP contribution in [0, 0.1) is 0 Å². The maximum absolute atomic E-state index is 10.8. The molecule has 0 spiro atoms.